The number of hydrogen-bond donors (Lipinski definition) is 0. The van der Waals surface area contributed by atoms with Crippen molar-refractivity contribution in [3.8, 4) is 0 Å². The second-order valence-corrected chi connectivity index (χ2v) is 10.3. The molecule has 0 aromatic carbocycles. The van der Waals surface area contributed by atoms with Gasteiger partial charge in [-0.1, -0.05) is 51.5 Å². The van der Waals surface area contributed by atoms with E-state index in [2.05, 4.69) is 9.47 Å². The van der Waals surface area contributed by atoms with Crippen molar-refractivity contribution in [1.29, 1.82) is 0 Å². The highest BCUT2D eigenvalue weighted by Gasteiger charge is 2.90. The molecule has 2 unspecified atom stereocenters. The van der Waals surface area contributed by atoms with Crippen molar-refractivity contribution in [3.63, 3.8) is 0 Å². The molecule has 0 heterocycles. The van der Waals surface area contributed by atoms with E-state index >= 15 is 0 Å². The van der Waals surface area contributed by atoms with E-state index in [4.69, 9.17) is 0 Å². The third kappa shape index (κ3) is 12.1. The number of amides is 1. The van der Waals surface area contributed by atoms with Crippen LogP contribution in [0.5, 0.6) is 0 Å². The van der Waals surface area contributed by atoms with Crippen LogP contribution in [0.25, 0.3) is 0 Å². The first-order valence-electron chi connectivity index (χ1n) is 11.9. The van der Waals surface area contributed by atoms with E-state index in [1.807, 2.05) is 0 Å². The van der Waals surface area contributed by atoms with Crippen LogP contribution >= 0.6 is 0 Å². The predicted octanol–water partition coefficient (Wildman–Crippen LogP) is 10.2. The van der Waals surface area contributed by atoms with Crippen molar-refractivity contribution in [2.45, 2.75) is 127 Å². The van der Waals surface area contributed by atoms with Crippen LogP contribution in [-0.2, 0) is 23.9 Å². The van der Waals surface area contributed by atoms with Gasteiger partial charge in [0.05, 0.1) is 31.5 Å². The Bertz CT molecular complexity index is 970. The molecular formula is C29H54F13NO5. The average Bonchev–Trinajstić information content (AvgIpc) is 2.83. The lowest BCUT2D eigenvalue weighted by atomic mass is 9.78. The minimum atomic E-state index is -8.03. The van der Waals surface area contributed by atoms with Gasteiger partial charge >= 0.3 is 47.7 Å². The molecule has 296 valence electrons. The lowest BCUT2D eigenvalue weighted by Gasteiger charge is -2.39. The van der Waals surface area contributed by atoms with Crippen molar-refractivity contribution in [1.82, 2.24) is 4.90 Å². The molecule has 0 saturated carbocycles. The van der Waals surface area contributed by atoms with Gasteiger partial charge in [-0.3, -0.25) is 14.4 Å². The highest BCUT2D eigenvalue weighted by atomic mass is 19.4. The summed E-state index contributed by atoms with van der Waals surface area (Å²) in [5, 5.41) is 0. The fourth-order valence-electron chi connectivity index (χ4n) is 3.74. The van der Waals surface area contributed by atoms with Crippen molar-refractivity contribution in [3.05, 3.63) is 0 Å². The van der Waals surface area contributed by atoms with Gasteiger partial charge in [0.15, 0.2) is 0 Å². The van der Waals surface area contributed by atoms with Crippen molar-refractivity contribution in [2.75, 3.05) is 27.8 Å². The number of hydrogen-bond acceptors (Lipinski definition) is 5. The summed E-state index contributed by atoms with van der Waals surface area (Å²) < 4.78 is 181. The lowest BCUT2D eigenvalue weighted by molar-refractivity contribution is -0.440. The van der Waals surface area contributed by atoms with Gasteiger partial charge in [0.1, 0.15) is 0 Å². The van der Waals surface area contributed by atoms with Gasteiger partial charge in [0, 0.05) is 20.0 Å². The molecule has 0 N–H and O–H groups in total. The smallest absolute Gasteiger partial charge is 0.460 e. The third-order valence-corrected chi connectivity index (χ3v) is 6.34. The Kier molecular flexibility index (Phi) is 25.6. The number of alkyl halides is 13. The molecule has 0 saturated heterocycles. The first-order valence-corrected chi connectivity index (χ1v) is 11.9. The van der Waals surface area contributed by atoms with Crippen LogP contribution in [0.3, 0.4) is 0 Å². The first kappa shape index (κ1) is 60.8. The lowest BCUT2D eigenvalue weighted by Crippen LogP contribution is -2.70. The fourth-order valence-corrected chi connectivity index (χ4v) is 3.74. The Hall–Kier alpha value is -2.50. The Morgan fingerprint density at radius 2 is 1.06 bits per heavy atom. The molecular weight excluding hydrogens is 689 g/mol. The maximum Gasteiger partial charge on any atom is 0.460 e. The van der Waals surface area contributed by atoms with Crippen LogP contribution in [0.2, 0.25) is 0 Å². The summed E-state index contributed by atoms with van der Waals surface area (Å²) >= 11 is 0. The second-order valence-electron chi connectivity index (χ2n) is 10.3. The molecule has 0 fully saturated rings. The highest BCUT2D eigenvalue weighted by molar-refractivity contribution is 5.82. The normalized spacial score (nSPS) is 13.6. The molecule has 6 nitrogen and oxygen atoms in total. The molecule has 0 aliphatic carbocycles. The zero-order valence-corrected chi connectivity index (χ0v) is 23.1. The van der Waals surface area contributed by atoms with E-state index < -0.39 is 90.3 Å². The molecule has 0 aliphatic rings. The first-order chi connectivity index (χ1) is 18.5. The zero-order chi connectivity index (χ0) is 33.9. The van der Waals surface area contributed by atoms with Crippen molar-refractivity contribution < 1.29 is 80.9 Å². The third-order valence-electron chi connectivity index (χ3n) is 6.34. The summed E-state index contributed by atoms with van der Waals surface area (Å²) in [6.45, 7) is 2.25. The van der Waals surface area contributed by atoms with Gasteiger partial charge in [-0.25, -0.2) is 0 Å². The largest absolute Gasteiger partial charge is 0.469 e. The van der Waals surface area contributed by atoms with Crippen molar-refractivity contribution in [2.24, 2.45) is 17.3 Å². The van der Waals surface area contributed by atoms with Gasteiger partial charge in [0.2, 0.25) is 5.91 Å². The summed E-state index contributed by atoms with van der Waals surface area (Å²) in [5.74, 6) is -42.9. The molecule has 48 heavy (non-hydrogen) atoms. The van der Waals surface area contributed by atoms with E-state index in [0.717, 1.165) is 12.0 Å². The number of nitrogens with zero attached hydrogens (tertiary/aromatic N) is 1. The van der Waals surface area contributed by atoms with Crippen molar-refractivity contribution >= 4 is 17.8 Å². The summed E-state index contributed by atoms with van der Waals surface area (Å²) in [4.78, 5) is 38.2. The van der Waals surface area contributed by atoms with Crippen LogP contribution in [0, 0.1) is 17.3 Å². The van der Waals surface area contributed by atoms with E-state index in [-0.39, 0.29) is 57.4 Å². The van der Waals surface area contributed by atoms with Crippen LogP contribution in [0.4, 0.5) is 57.1 Å². The quantitative estimate of drug-likeness (QED) is 0.123. The van der Waals surface area contributed by atoms with E-state index in [1.54, 1.807) is 0 Å². The SMILES string of the molecule is C.C.C.C.C.C.CCC(CC(CC(C)(C)C(=O)OC)C(=O)N(C)C)C(=O)OCCC(F)(F)C(F)(F)C(F)(F)C(F)(F)C(F)(F)C(F)(F)F. The molecule has 0 spiro atoms. The Morgan fingerprint density at radius 3 is 1.40 bits per heavy atom. The van der Waals surface area contributed by atoms with Gasteiger partial charge in [-0.15, -0.1) is 0 Å². The summed E-state index contributed by atoms with van der Waals surface area (Å²) in [6, 6.07) is 0. The van der Waals surface area contributed by atoms with Gasteiger partial charge in [-0.2, -0.15) is 57.1 Å². The molecule has 0 radical (unpaired) electrons. The topological polar surface area (TPSA) is 72.9 Å². The molecule has 0 bridgehead atoms. The summed E-state index contributed by atoms with van der Waals surface area (Å²) in [7, 11) is 3.72. The van der Waals surface area contributed by atoms with Gasteiger partial charge in [0.25, 0.3) is 0 Å². The van der Waals surface area contributed by atoms with Crippen LogP contribution in [0.15, 0.2) is 0 Å². The molecule has 0 aromatic rings. The average molecular weight is 744 g/mol. The van der Waals surface area contributed by atoms with Gasteiger partial charge < -0.3 is 14.4 Å². The highest BCUT2D eigenvalue weighted by Crippen LogP contribution is 2.60. The van der Waals surface area contributed by atoms with E-state index in [9.17, 15) is 71.5 Å². The Labute approximate surface area is 276 Å². The molecule has 0 rings (SSSR count). The van der Waals surface area contributed by atoms with E-state index in [0.29, 0.717) is 0 Å². The standard InChI is InChI=1S/C23H30F13NO5.6CH4/c1-7-12(10-13(14(38)37(4)5)11-17(2,3)16(40)41-6)15(39)42-9-8-18(24,25)19(26,27)20(28,29)21(30,31)22(32,33)23(34,35)36;;;;;;/h12-13H,7-11H2,1-6H3;6*1H4. The molecule has 0 aromatic heterocycles. The van der Waals surface area contributed by atoms with Crippen LogP contribution in [0.1, 0.15) is 91.0 Å². The maximum atomic E-state index is 14.0. The number of carbonyl (C=O) groups excluding carboxylic acids is 3. The number of ether oxygens (including phenoxy) is 2. The summed E-state index contributed by atoms with van der Waals surface area (Å²) in [6.07, 6.45) is -11.0. The predicted molar refractivity (Wildman–Crippen MR) is 158 cm³/mol. The number of halogens is 13. The van der Waals surface area contributed by atoms with Crippen LogP contribution in [-0.4, -0.2) is 86.3 Å². The fraction of sp³-hybridized carbons (Fsp3) is 0.897. The number of methoxy groups -OCH3 is 1. The summed E-state index contributed by atoms with van der Waals surface area (Å²) in [5.41, 5.74) is -1.28. The molecule has 0 aliphatic heterocycles. The number of rotatable bonds is 15. The zero-order valence-electron chi connectivity index (χ0n) is 23.1. The monoisotopic (exact) mass is 743 g/mol. The molecule has 1 amide bonds. The number of esters is 2. The maximum absolute atomic E-state index is 14.0. The van der Waals surface area contributed by atoms with Crippen LogP contribution < -0.4 is 0 Å². The van der Waals surface area contributed by atoms with E-state index in [1.165, 1.54) is 34.9 Å². The Balaban J connectivity index is -0.000000560. The second kappa shape index (κ2) is 20.2. The molecule has 2 atom stereocenters. The Morgan fingerprint density at radius 1 is 0.667 bits per heavy atom. The van der Waals surface area contributed by atoms with Gasteiger partial charge in [-0.05, 0) is 33.1 Å². The minimum absolute atomic E-state index is 0. The molecule has 19 heteroatoms. The minimum Gasteiger partial charge on any atom is -0.469 e. The number of carbonyl (C=O) groups is 3.